The van der Waals surface area contributed by atoms with Crippen LogP contribution in [-0.2, 0) is 4.74 Å². The van der Waals surface area contributed by atoms with E-state index in [0.29, 0.717) is 0 Å². The molecule has 0 unspecified atom stereocenters. The van der Waals surface area contributed by atoms with E-state index in [0.717, 1.165) is 17.7 Å². The second-order valence-electron chi connectivity index (χ2n) is 2.62. The molecule has 0 saturated carbocycles. The summed E-state index contributed by atoms with van der Waals surface area (Å²) in [6, 6.07) is 9.97. The minimum absolute atomic E-state index is 0. The summed E-state index contributed by atoms with van der Waals surface area (Å²) in [5, 5.41) is 0. The second-order valence-corrected chi connectivity index (χ2v) is 3.53. The standard InChI is InChI=1S/C6H5Br.C4H8O.Mg.2H/c7-6-4-2-1-3-5-6;1-2-4-5-3-1;;;/h1-5H;1-4H2;;;/q;;+2;2*-1. The number of ether oxygens (including phenoxy) is 1. The molecular weight excluding hydrogens is 240 g/mol. The maximum atomic E-state index is 4.94. The van der Waals surface area contributed by atoms with Crippen molar-refractivity contribution < 1.29 is 7.59 Å². The molecule has 0 spiro atoms. The van der Waals surface area contributed by atoms with E-state index in [-0.39, 0.29) is 25.9 Å². The van der Waals surface area contributed by atoms with Gasteiger partial charge in [0.05, 0.1) is 0 Å². The number of hydrogen-bond acceptors (Lipinski definition) is 1. The molecule has 1 aromatic carbocycles. The van der Waals surface area contributed by atoms with Gasteiger partial charge in [-0.3, -0.25) is 0 Å². The van der Waals surface area contributed by atoms with Gasteiger partial charge in [0.15, 0.2) is 0 Å². The molecule has 1 aliphatic heterocycles. The van der Waals surface area contributed by atoms with Crippen LogP contribution in [0.5, 0.6) is 0 Å². The first-order chi connectivity index (χ1) is 5.89. The van der Waals surface area contributed by atoms with Crippen molar-refractivity contribution in [3.63, 3.8) is 0 Å². The molecule has 0 radical (unpaired) electrons. The quantitative estimate of drug-likeness (QED) is 0.647. The van der Waals surface area contributed by atoms with Crippen LogP contribution < -0.4 is 0 Å². The van der Waals surface area contributed by atoms with Gasteiger partial charge in [-0.05, 0) is 25.0 Å². The summed E-state index contributed by atoms with van der Waals surface area (Å²) < 4.78 is 6.08. The summed E-state index contributed by atoms with van der Waals surface area (Å²) in [6.45, 7) is 2.00. The number of halogens is 1. The van der Waals surface area contributed by atoms with E-state index in [4.69, 9.17) is 4.74 Å². The molecule has 1 aliphatic rings. The Labute approximate surface area is 107 Å². The third-order valence-corrected chi connectivity index (χ3v) is 2.09. The third-order valence-electron chi connectivity index (χ3n) is 1.56. The molecule has 3 heteroatoms. The molecule has 0 aliphatic carbocycles. The van der Waals surface area contributed by atoms with E-state index in [9.17, 15) is 0 Å². The molecule has 1 fully saturated rings. The van der Waals surface area contributed by atoms with Crippen LogP contribution in [0.4, 0.5) is 0 Å². The molecule has 13 heavy (non-hydrogen) atoms. The van der Waals surface area contributed by atoms with Crippen LogP contribution in [0, 0.1) is 0 Å². The summed E-state index contributed by atoms with van der Waals surface area (Å²) in [5.41, 5.74) is 0. The summed E-state index contributed by atoms with van der Waals surface area (Å²) in [5.74, 6) is 0. The Morgan fingerprint density at radius 1 is 1.08 bits per heavy atom. The van der Waals surface area contributed by atoms with E-state index in [2.05, 4.69) is 15.9 Å². The van der Waals surface area contributed by atoms with Crippen LogP contribution in [0.25, 0.3) is 0 Å². The Hall–Kier alpha value is 0.426. The minimum atomic E-state index is 0. The largest absolute Gasteiger partial charge is 2.00 e. The van der Waals surface area contributed by atoms with Crippen molar-refractivity contribution in [2.75, 3.05) is 13.2 Å². The van der Waals surface area contributed by atoms with Gasteiger partial charge in [0, 0.05) is 17.7 Å². The van der Waals surface area contributed by atoms with Crippen molar-refractivity contribution in [2.24, 2.45) is 0 Å². The van der Waals surface area contributed by atoms with Gasteiger partial charge in [0.2, 0.25) is 0 Å². The molecule has 0 aromatic heterocycles. The molecule has 1 saturated heterocycles. The fraction of sp³-hybridized carbons (Fsp3) is 0.400. The predicted molar refractivity (Wildman–Crippen MR) is 62.2 cm³/mol. The number of hydrogen-bond donors (Lipinski definition) is 0. The van der Waals surface area contributed by atoms with Crippen LogP contribution in [0.1, 0.15) is 15.7 Å². The first kappa shape index (κ1) is 13.4. The molecule has 70 valence electrons. The zero-order valence-corrected chi connectivity index (χ0v) is 10.7. The number of benzene rings is 1. The van der Waals surface area contributed by atoms with Crippen LogP contribution in [0.15, 0.2) is 34.8 Å². The van der Waals surface area contributed by atoms with Gasteiger partial charge in [-0.25, -0.2) is 0 Å². The van der Waals surface area contributed by atoms with Crippen molar-refractivity contribution in [3.05, 3.63) is 34.8 Å². The van der Waals surface area contributed by atoms with Crippen molar-refractivity contribution in [3.8, 4) is 0 Å². The van der Waals surface area contributed by atoms with Crippen LogP contribution in [-0.4, -0.2) is 36.3 Å². The van der Waals surface area contributed by atoms with E-state index in [1.54, 1.807) is 0 Å². The minimum Gasteiger partial charge on any atom is -1.00 e. The van der Waals surface area contributed by atoms with E-state index < -0.39 is 0 Å². The molecule has 0 bridgehead atoms. The monoisotopic (exact) mass is 254 g/mol. The molecule has 1 heterocycles. The smallest absolute Gasteiger partial charge is 1.00 e. The molecule has 1 nitrogen and oxygen atoms in total. The Balaban J connectivity index is -0.000000165. The first-order valence-electron chi connectivity index (χ1n) is 4.18. The topological polar surface area (TPSA) is 9.23 Å². The Morgan fingerprint density at radius 3 is 1.85 bits per heavy atom. The third kappa shape index (κ3) is 7.49. The molecule has 0 amide bonds. The van der Waals surface area contributed by atoms with E-state index >= 15 is 0 Å². The van der Waals surface area contributed by atoms with Crippen LogP contribution >= 0.6 is 15.9 Å². The Bertz CT molecular complexity index is 200. The Morgan fingerprint density at radius 2 is 1.62 bits per heavy atom. The fourth-order valence-corrected chi connectivity index (χ4v) is 1.23. The summed E-state index contributed by atoms with van der Waals surface area (Å²) >= 11 is 3.31. The van der Waals surface area contributed by atoms with Crippen LogP contribution in [0.2, 0.25) is 0 Å². The SMILES string of the molecule is Brc1ccccc1.C1CCOC1.[H-].[H-].[Mg+2]. The maximum Gasteiger partial charge on any atom is 2.00 e. The average Bonchev–Trinajstić information content (AvgIpc) is 2.62. The average molecular weight is 255 g/mol. The van der Waals surface area contributed by atoms with Gasteiger partial charge < -0.3 is 7.59 Å². The molecule has 0 atom stereocenters. The second kappa shape index (κ2) is 9.00. The van der Waals surface area contributed by atoms with Crippen molar-refractivity contribution in [1.82, 2.24) is 0 Å². The zero-order chi connectivity index (χ0) is 8.65. The van der Waals surface area contributed by atoms with Gasteiger partial charge in [-0.15, -0.1) is 0 Å². The summed E-state index contributed by atoms with van der Waals surface area (Å²) in [4.78, 5) is 0. The van der Waals surface area contributed by atoms with Crippen LogP contribution in [0.3, 0.4) is 0 Å². The summed E-state index contributed by atoms with van der Waals surface area (Å²) in [7, 11) is 0. The predicted octanol–water partition coefficient (Wildman–Crippen LogP) is 3.09. The van der Waals surface area contributed by atoms with Crippen molar-refractivity contribution in [1.29, 1.82) is 0 Å². The van der Waals surface area contributed by atoms with Gasteiger partial charge in [0.25, 0.3) is 0 Å². The van der Waals surface area contributed by atoms with Gasteiger partial charge in [-0.1, -0.05) is 34.1 Å². The van der Waals surface area contributed by atoms with Gasteiger partial charge >= 0.3 is 23.1 Å². The first-order valence-corrected chi connectivity index (χ1v) is 4.97. The maximum absolute atomic E-state index is 4.94. The van der Waals surface area contributed by atoms with Gasteiger partial charge in [0.1, 0.15) is 0 Å². The fourth-order valence-electron chi connectivity index (χ4n) is 0.925. The molecular formula is C10H15BrMgO. The zero-order valence-electron chi connectivity index (χ0n) is 9.71. The van der Waals surface area contributed by atoms with E-state index in [1.807, 2.05) is 30.3 Å². The normalized spacial score (nSPS) is 13.9. The van der Waals surface area contributed by atoms with E-state index in [1.165, 1.54) is 12.8 Å². The molecule has 2 rings (SSSR count). The Kier molecular flexibility index (Phi) is 9.29. The molecule has 1 aromatic rings. The molecule has 0 N–H and O–H groups in total. The number of rotatable bonds is 0. The van der Waals surface area contributed by atoms with Gasteiger partial charge in [-0.2, -0.15) is 0 Å². The van der Waals surface area contributed by atoms with Crippen molar-refractivity contribution in [2.45, 2.75) is 12.8 Å². The van der Waals surface area contributed by atoms with Crippen molar-refractivity contribution >= 4 is 39.0 Å². The summed E-state index contributed by atoms with van der Waals surface area (Å²) in [6.07, 6.45) is 2.56.